The first kappa shape index (κ1) is 21.0. The number of para-hydroxylation sites is 1. The van der Waals surface area contributed by atoms with Crippen molar-refractivity contribution in [3.05, 3.63) is 84.2 Å². The van der Waals surface area contributed by atoms with E-state index >= 15 is 0 Å². The number of carbonyl (C=O) groups is 2. The Hall–Kier alpha value is -3.91. The minimum absolute atomic E-state index is 0.298. The number of amides is 2. The third-order valence-electron chi connectivity index (χ3n) is 5.97. The van der Waals surface area contributed by atoms with Crippen LogP contribution in [0.5, 0.6) is 11.5 Å². The predicted molar refractivity (Wildman–Crippen MR) is 118 cm³/mol. The summed E-state index contributed by atoms with van der Waals surface area (Å²) in [5, 5.41) is 1.59. The van der Waals surface area contributed by atoms with Crippen LogP contribution in [0.3, 0.4) is 0 Å². The molecular weight excluding hydrogens is 427 g/mol. The van der Waals surface area contributed by atoms with Gasteiger partial charge in [-0.3, -0.25) is 14.4 Å². The van der Waals surface area contributed by atoms with Crippen LogP contribution in [-0.2, 0) is 14.4 Å². The molecule has 3 aromatic carbocycles. The van der Waals surface area contributed by atoms with E-state index in [1.165, 1.54) is 31.4 Å². The van der Waals surface area contributed by atoms with Gasteiger partial charge in [-0.05, 0) is 54.6 Å². The number of benzene rings is 3. The van der Waals surface area contributed by atoms with E-state index in [1.807, 2.05) is 30.3 Å². The zero-order chi connectivity index (χ0) is 23.1. The number of nitrogens with zero attached hydrogens (tertiary/aromatic N) is 2. The molecule has 0 saturated carbocycles. The Morgan fingerprint density at radius 3 is 2.24 bits per heavy atom. The summed E-state index contributed by atoms with van der Waals surface area (Å²) >= 11 is 0. The molecule has 0 N–H and O–H groups in total. The Labute approximate surface area is 189 Å². The van der Waals surface area contributed by atoms with Gasteiger partial charge >= 0.3 is 0 Å². The van der Waals surface area contributed by atoms with Crippen molar-refractivity contribution < 1.29 is 28.3 Å². The third-order valence-corrected chi connectivity index (χ3v) is 5.97. The molecule has 0 radical (unpaired) electrons. The lowest BCUT2D eigenvalue weighted by Gasteiger charge is -2.29. The molecule has 0 spiro atoms. The first-order chi connectivity index (χ1) is 16.0. The normalized spacial score (nSPS) is 22.0. The third kappa shape index (κ3) is 3.39. The number of imide groups is 1. The SMILES string of the molecule is COc1ccc(OC)c([C@@H]2[C@@H]3C(=O)N(c4ccc(F)cc4)C(=O)[C@H]3ON2c2ccccc2)c1. The fourth-order valence-corrected chi connectivity index (χ4v) is 4.44. The number of ether oxygens (including phenoxy) is 2. The standard InChI is InChI=1S/C25H21FN2O5/c1-31-18-12-13-20(32-2)19(14-18)22-21-23(33-28(22)17-6-4-3-5-7-17)25(30)27(24(21)29)16-10-8-15(26)9-11-16/h3-14,21-23H,1-2H3/t21-,22+,23-/m0/s1. The Morgan fingerprint density at radius 2 is 1.58 bits per heavy atom. The van der Waals surface area contributed by atoms with E-state index in [0.29, 0.717) is 28.4 Å². The van der Waals surface area contributed by atoms with Crippen LogP contribution in [0.25, 0.3) is 0 Å². The van der Waals surface area contributed by atoms with E-state index in [9.17, 15) is 14.0 Å². The van der Waals surface area contributed by atoms with Crippen molar-refractivity contribution in [2.45, 2.75) is 12.1 Å². The maximum absolute atomic E-state index is 13.6. The van der Waals surface area contributed by atoms with Gasteiger partial charge in [-0.15, -0.1) is 0 Å². The molecule has 3 aromatic rings. The number of halogens is 1. The van der Waals surface area contributed by atoms with E-state index in [-0.39, 0.29) is 0 Å². The number of hydroxylamine groups is 1. The van der Waals surface area contributed by atoms with Crippen molar-refractivity contribution >= 4 is 23.2 Å². The smallest absolute Gasteiger partial charge is 0.266 e. The van der Waals surface area contributed by atoms with E-state index in [4.69, 9.17) is 14.3 Å². The van der Waals surface area contributed by atoms with Crippen molar-refractivity contribution in [2.75, 3.05) is 24.2 Å². The van der Waals surface area contributed by atoms with Crippen LogP contribution in [0.1, 0.15) is 11.6 Å². The van der Waals surface area contributed by atoms with Crippen molar-refractivity contribution in [1.82, 2.24) is 0 Å². The topological polar surface area (TPSA) is 68.3 Å². The second kappa shape index (κ2) is 8.22. The zero-order valence-corrected chi connectivity index (χ0v) is 18.0. The fourth-order valence-electron chi connectivity index (χ4n) is 4.44. The summed E-state index contributed by atoms with van der Waals surface area (Å²) in [6.07, 6.45) is -1.04. The first-order valence-electron chi connectivity index (χ1n) is 10.4. The molecule has 0 aromatic heterocycles. The molecule has 168 valence electrons. The summed E-state index contributed by atoms with van der Waals surface area (Å²) in [7, 11) is 3.09. The van der Waals surface area contributed by atoms with Crippen LogP contribution >= 0.6 is 0 Å². The summed E-state index contributed by atoms with van der Waals surface area (Å²) in [6, 6.07) is 19.1. The maximum Gasteiger partial charge on any atom is 0.266 e. The quantitative estimate of drug-likeness (QED) is 0.552. The zero-order valence-electron chi connectivity index (χ0n) is 18.0. The van der Waals surface area contributed by atoms with Gasteiger partial charge in [0.15, 0.2) is 6.10 Å². The Kier molecular flexibility index (Phi) is 5.22. The average molecular weight is 448 g/mol. The molecule has 8 heteroatoms. The summed E-state index contributed by atoms with van der Waals surface area (Å²) in [5.74, 6) is -1.11. The van der Waals surface area contributed by atoms with Gasteiger partial charge in [-0.25, -0.2) is 14.4 Å². The molecule has 2 fully saturated rings. The van der Waals surface area contributed by atoms with Gasteiger partial charge in [0.05, 0.1) is 25.6 Å². The van der Waals surface area contributed by atoms with Gasteiger partial charge < -0.3 is 9.47 Å². The molecule has 2 aliphatic heterocycles. The molecule has 33 heavy (non-hydrogen) atoms. The molecule has 5 rings (SSSR count). The number of fused-ring (bicyclic) bond motifs is 1. The van der Waals surface area contributed by atoms with Crippen LogP contribution in [0, 0.1) is 11.7 Å². The Bertz CT molecular complexity index is 1200. The number of rotatable bonds is 5. The summed E-state index contributed by atoms with van der Waals surface area (Å²) < 4.78 is 24.4. The molecule has 0 aliphatic carbocycles. The number of hydrogen-bond donors (Lipinski definition) is 0. The Morgan fingerprint density at radius 1 is 0.848 bits per heavy atom. The highest BCUT2D eigenvalue weighted by atomic mass is 19.1. The lowest BCUT2D eigenvalue weighted by Crippen LogP contribution is -2.37. The number of hydrogen-bond acceptors (Lipinski definition) is 6. The van der Waals surface area contributed by atoms with Gasteiger partial charge in [0.1, 0.15) is 29.3 Å². The molecule has 0 bridgehead atoms. The second-order valence-electron chi connectivity index (χ2n) is 7.75. The van der Waals surface area contributed by atoms with Crippen LogP contribution in [-0.4, -0.2) is 32.1 Å². The minimum Gasteiger partial charge on any atom is -0.497 e. The van der Waals surface area contributed by atoms with E-state index in [2.05, 4.69) is 0 Å². The highest BCUT2D eigenvalue weighted by molar-refractivity contribution is 6.23. The lowest BCUT2D eigenvalue weighted by molar-refractivity contribution is -0.126. The molecule has 2 aliphatic rings. The predicted octanol–water partition coefficient (Wildman–Crippen LogP) is 3.89. The van der Waals surface area contributed by atoms with Gasteiger partial charge in [0.2, 0.25) is 5.91 Å². The molecule has 7 nitrogen and oxygen atoms in total. The Balaban J connectivity index is 1.63. The summed E-state index contributed by atoms with van der Waals surface area (Å²) in [5.41, 5.74) is 1.64. The summed E-state index contributed by atoms with van der Waals surface area (Å²) in [4.78, 5) is 34.1. The largest absolute Gasteiger partial charge is 0.497 e. The molecule has 3 atom stereocenters. The second-order valence-corrected chi connectivity index (χ2v) is 7.75. The lowest BCUT2D eigenvalue weighted by atomic mass is 9.89. The van der Waals surface area contributed by atoms with Crippen molar-refractivity contribution in [2.24, 2.45) is 5.92 Å². The van der Waals surface area contributed by atoms with Crippen LogP contribution in [0.2, 0.25) is 0 Å². The van der Waals surface area contributed by atoms with Gasteiger partial charge in [0, 0.05) is 5.56 Å². The van der Waals surface area contributed by atoms with Crippen LogP contribution in [0.4, 0.5) is 15.8 Å². The maximum atomic E-state index is 13.6. The van der Waals surface area contributed by atoms with Crippen LogP contribution < -0.4 is 19.4 Å². The monoisotopic (exact) mass is 448 g/mol. The first-order valence-corrected chi connectivity index (χ1v) is 10.4. The van der Waals surface area contributed by atoms with E-state index in [1.54, 1.807) is 30.4 Å². The minimum atomic E-state index is -1.04. The van der Waals surface area contributed by atoms with Crippen LogP contribution in [0.15, 0.2) is 72.8 Å². The number of anilines is 2. The molecular formula is C25H21FN2O5. The van der Waals surface area contributed by atoms with Gasteiger partial charge in [-0.1, -0.05) is 18.2 Å². The number of carbonyl (C=O) groups excluding carboxylic acids is 2. The average Bonchev–Trinajstić information content (AvgIpc) is 3.36. The van der Waals surface area contributed by atoms with Gasteiger partial charge in [0.25, 0.3) is 5.91 Å². The van der Waals surface area contributed by atoms with Crippen molar-refractivity contribution in [3.63, 3.8) is 0 Å². The fraction of sp³-hybridized carbons (Fsp3) is 0.200. The van der Waals surface area contributed by atoms with E-state index < -0.39 is 35.7 Å². The molecule has 2 heterocycles. The van der Waals surface area contributed by atoms with E-state index in [0.717, 1.165) is 4.90 Å². The van der Waals surface area contributed by atoms with Crippen molar-refractivity contribution in [3.8, 4) is 11.5 Å². The van der Waals surface area contributed by atoms with Crippen molar-refractivity contribution in [1.29, 1.82) is 0 Å². The summed E-state index contributed by atoms with van der Waals surface area (Å²) in [6.45, 7) is 0. The number of methoxy groups -OCH3 is 2. The highest BCUT2D eigenvalue weighted by Gasteiger charge is 2.60. The molecule has 0 unspecified atom stereocenters. The highest BCUT2D eigenvalue weighted by Crippen LogP contribution is 2.50. The molecule has 2 saturated heterocycles. The van der Waals surface area contributed by atoms with Gasteiger partial charge in [-0.2, -0.15) is 0 Å². The molecule has 2 amide bonds.